The summed E-state index contributed by atoms with van der Waals surface area (Å²) in [6, 6.07) is 15.2. The smallest absolute Gasteiger partial charge is 0.252 e. The molecule has 0 aromatic heterocycles. The summed E-state index contributed by atoms with van der Waals surface area (Å²) in [6.07, 6.45) is -0.297. The van der Waals surface area contributed by atoms with E-state index < -0.39 is 0 Å². The average molecular weight is 378 g/mol. The molecule has 2 aromatic rings. The van der Waals surface area contributed by atoms with Crippen LogP contribution in [-0.2, 0) is 4.74 Å². The van der Waals surface area contributed by atoms with Crippen molar-refractivity contribution in [3.8, 4) is 0 Å². The Morgan fingerprint density at radius 2 is 1.91 bits per heavy atom. The van der Waals surface area contributed by atoms with Crippen LogP contribution < -0.4 is 5.32 Å². The highest BCUT2D eigenvalue weighted by atomic mass is 79.9. The molecular formula is C18H20BrNO3. The van der Waals surface area contributed by atoms with Crippen LogP contribution in [0.3, 0.4) is 0 Å². The molecule has 2 aromatic carbocycles. The average Bonchev–Trinajstić information content (AvgIpc) is 2.56. The highest BCUT2D eigenvalue weighted by Crippen LogP contribution is 2.19. The first-order chi connectivity index (χ1) is 11.1. The standard InChI is InChI=1S/C18H20BrNO3/c1-13-6-8-14(9-7-13)17(23-11-10-21)12-20-18(22)15-4-2-3-5-16(15)19/h2-9,17,21H,10-12H2,1H3,(H,20,22). The second kappa shape index (κ2) is 8.82. The molecule has 1 unspecified atom stereocenters. The summed E-state index contributed by atoms with van der Waals surface area (Å²) in [6.45, 7) is 2.52. The number of carbonyl (C=O) groups is 1. The lowest BCUT2D eigenvalue weighted by Gasteiger charge is -2.19. The normalized spacial score (nSPS) is 12.0. The molecule has 2 N–H and O–H groups in total. The van der Waals surface area contributed by atoms with Gasteiger partial charge in [0.1, 0.15) is 0 Å². The minimum atomic E-state index is -0.297. The number of carbonyl (C=O) groups excluding carboxylic acids is 1. The van der Waals surface area contributed by atoms with Crippen LogP contribution in [0.1, 0.15) is 27.6 Å². The minimum absolute atomic E-state index is 0.0550. The predicted molar refractivity (Wildman–Crippen MR) is 93.4 cm³/mol. The van der Waals surface area contributed by atoms with Crippen molar-refractivity contribution < 1.29 is 14.6 Å². The largest absolute Gasteiger partial charge is 0.394 e. The van der Waals surface area contributed by atoms with Crippen LogP contribution in [0, 0.1) is 6.92 Å². The van der Waals surface area contributed by atoms with E-state index in [-0.39, 0.29) is 25.2 Å². The molecule has 0 aliphatic carbocycles. The van der Waals surface area contributed by atoms with Gasteiger partial charge in [-0.2, -0.15) is 0 Å². The SMILES string of the molecule is Cc1ccc(C(CNC(=O)c2ccccc2Br)OCCO)cc1. The molecule has 1 amide bonds. The van der Waals surface area contributed by atoms with E-state index in [9.17, 15) is 4.79 Å². The molecule has 0 bridgehead atoms. The Morgan fingerprint density at radius 1 is 1.22 bits per heavy atom. The molecule has 0 saturated heterocycles. The Balaban J connectivity index is 2.04. The van der Waals surface area contributed by atoms with Crippen molar-refractivity contribution in [3.05, 3.63) is 69.7 Å². The van der Waals surface area contributed by atoms with E-state index in [4.69, 9.17) is 9.84 Å². The first kappa shape index (κ1) is 17.7. The molecule has 0 fully saturated rings. The topological polar surface area (TPSA) is 58.6 Å². The van der Waals surface area contributed by atoms with E-state index in [0.717, 1.165) is 15.6 Å². The van der Waals surface area contributed by atoms with E-state index in [2.05, 4.69) is 21.2 Å². The van der Waals surface area contributed by atoms with Crippen LogP contribution in [0.2, 0.25) is 0 Å². The highest BCUT2D eigenvalue weighted by Gasteiger charge is 2.15. The van der Waals surface area contributed by atoms with Crippen molar-refractivity contribution in [3.63, 3.8) is 0 Å². The van der Waals surface area contributed by atoms with Crippen molar-refractivity contribution in [2.75, 3.05) is 19.8 Å². The van der Waals surface area contributed by atoms with Crippen molar-refractivity contribution in [2.45, 2.75) is 13.0 Å². The van der Waals surface area contributed by atoms with Gasteiger partial charge in [0.05, 0.1) is 24.9 Å². The molecule has 2 rings (SSSR count). The quantitative estimate of drug-likeness (QED) is 0.778. The summed E-state index contributed by atoms with van der Waals surface area (Å²) in [5, 5.41) is 11.9. The van der Waals surface area contributed by atoms with Crippen molar-refractivity contribution in [2.24, 2.45) is 0 Å². The Labute approximate surface area is 144 Å². The van der Waals surface area contributed by atoms with Gasteiger partial charge in [-0.1, -0.05) is 42.0 Å². The minimum Gasteiger partial charge on any atom is -0.394 e. The van der Waals surface area contributed by atoms with Crippen LogP contribution in [0.5, 0.6) is 0 Å². The predicted octanol–water partition coefficient (Wildman–Crippen LogP) is 3.24. The number of aryl methyl sites for hydroxylation is 1. The van der Waals surface area contributed by atoms with Crippen LogP contribution in [0.25, 0.3) is 0 Å². The molecule has 0 heterocycles. The van der Waals surface area contributed by atoms with Gasteiger partial charge in [0.15, 0.2) is 0 Å². The fourth-order valence-electron chi connectivity index (χ4n) is 2.18. The van der Waals surface area contributed by atoms with Crippen molar-refractivity contribution in [1.29, 1.82) is 0 Å². The third-order valence-electron chi connectivity index (χ3n) is 3.43. The van der Waals surface area contributed by atoms with Gasteiger partial charge in [0.2, 0.25) is 0 Å². The summed E-state index contributed by atoms with van der Waals surface area (Å²) < 4.78 is 6.41. The van der Waals surface area contributed by atoms with E-state index in [1.807, 2.05) is 49.4 Å². The number of amides is 1. The number of benzene rings is 2. The maximum Gasteiger partial charge on any atom is 0.252 e. The number of hydrogen-bond donors (Lipinski definition) is 2. The van der Waals surface area contributed by atoms with Crippen LogP contribution in [-0.4, -0.2) is 30.8 Å². The molecule has 0 spiro atoms. The molecule has 1 atom stereocenters. The third kappa shape index (κ3) is 5.16. The molecule has 4 nitrogen and oxygen atoms in total. The van der Waals surface area contributed by atoms with Crippen LogP contribution in [0.4, 0.5) is 0 Å². The maximum absolute atomic E-state index is 12.3. The van der Waals surface area contributed by atoms with Gasteiger partial charge in [0.25, 0.3) is 5.91 Å². The summed E-state index contributed by atoms with van der Waals surface area (Å²) in [5.74, 6) is -0.165. The summed E-state index contributed by atoms with van der Waals surface area (Å²) in [5.41, 5.74) is 2.71. The van der Waals surface area contributed by atoms with Crippen LogP contribution >= 0.6 is 15.9 Å². The second-order valence-corrected chi connectivity index (χ2v) is 6.04. The number of aliphatic hydroxyl groups excluding tert-OH is 1. The second-order valence-electron chi connectivity index (χ2n) is 5.18. The first-order valence-electron chi connectivity index (χ1n) is 7.43. The molecule has 0 aliphatic heterocycles. The highest BCUT2D eigenvalue weighted by molar-refractivity contribution is 9.10. The number of ether oxygens (including phenoxy) is 1. The van der Waals surface area contributed by atoms with Gasteiger partial charge in [0, 0.05) is 11.0 Å². The van der Waals surface area contributed by atoms with Crippen LogP contribution in [0.15, 0.2) is 53.0 Å². The zero-order valence-corrected chi connectivity index (χ0v) is 14.5. The fraction of sp³-hybridized carbons (Fsp3) is 0.278. The third-order valence-corrected chi connectivity index (χ3v) is 4.12. The summed E-state index contributed by atoms with van der Waals surface area (Å²) in [4.78, 5) is 12.3. The summed E-state index contributed by atoms with van der Waals surface area (Å²) >= 11 is 3.37. The van der Waals surface area contributed by atoms with Crippen molar-refractivity contribution in [1.82, 2.24) is 5.32 Å². The van der Waals surface area contributed by atoms with E-state index in [1.54, 1.807) is 6.07 Å². The number of halogens is 1. The number of nitrogens with one attached hydrogen (secondary N) is 1. The van der Waals surface area contributed by atoms with E-state index in [0.29, 0.717) is 12.1 Å². The van der Waals surface area contributed by atoms with E-state index >= 15 is 0 Å². The van der Waals surface area contributed by atoms with Gasteiger partial charge in [-0.05, 0) is 40.5 Å². The lowest BCUT2D eigenvalue weighted by Crippen LogP contribution is -2.30. The Bertz CT molecular complexity index is 643. The van der Waals surface area contributed by atoms with Gasteiger partial charge in [-0.3, -0.25) is 4.79 Å². The number of rotatable bonds is 7. The fourth-order valence-corrected chi connectivity index (χ4v) is 2.64. The number of hydrogen-bond acceptors (Lipinski definition) is 3. The lowest BCUT2D eigenvalue weighted by molar-refractivity contribution is 0.0277. The van der Waals surface area contributed by atoms with Gasteiger partial charge < -0.3 is 15.2 Å². The summed E-state index contributed by atoms with van der Waals surface area (Å²) in [7, 11) is 0. The number of aliphatic hydroxyl groups is 1. The Kier molecular flexibility index (Phi) is 6.77. The van der Waals surface area contributed by atoms with Gasteiger partial charge in [-0.15, -0.1) is 0 Å². The molecule has 23 heavy (non-hydrogen) atoms. The van der Waals surface area contributed by atoms with E-state index in [1.165, 1.54) is 0 Å². The molecular weight excluding hydrogens is 358 g/mol. The first-order valence-corrected chi connectivity index (χ1v) is 8.23. The Hall–Kier alpha value is -1.69. The molecule has 122 valence electrons. The molecule has 0 radical (unpaired) electrons. The monoisotopic (exact) mass is 377 g/mol. The lowest BCUT2D eigenvalue weighted by atomic mass is 10.1. The zero-order chi connectivity index (χ0) is 16.7. The molecule has 5 heteroatoms. The zero-order valence-electron chi connectivity index (χ0n) is 13.0. The maximum atomic E-state index is 12.3. The Morgan fingerprint density at radius 3 is 2.57 bits per heavy atom. The van der Waals surface area contributed by atoms with Crippen molar-refractivity contribution >= 4 is 21.8 Å². The molecule has 0 aliphatic rings. The van der Waals surface area contributed by atoms with Gasteiger partial charge >= 0.3 is 0 Å². The van der Waals surface area contributed by atoms with Gasteiger partial charge in [-0.25, -0.2) is 0 Å². The molecule has 0 saturated carbocycles.